The summed E-state index contributed by atoms with van der Waals surface area (Å²) in [5.41, 5.74) is 15.4. The molecule has 8 bridgehead atoms. The summed E-state index contributed by atoms with van der Waals surface area (Å²) >= 11 is 0. The number of ketones is 2. The lowest BCUT2D eigenvalue weighted by Crippen LogP contribution is -2.21. The Kier molecular flexibility index (Phi) is 8.64. The van der Waals surface area contributed by atoms with Gasteiger partial charge in [-0.2, -0.15) is 0 Å². The van der Waals surface area contributed by atoms with Crippen LogP contribution in [-0.2, 0) is 0 Å². The first kappa shape index (κ1) is 35.7. The maximum Gasteiger partial charge on any atom is 0.210 e. The van der Waals surface area contributed by atoms with E-state index in [0.717, 1.165) is 83.8 Å². The average Bonchev–Trinajstić information content (AvgIpc) is 4.15. The molecule has 0 fully saturated rings. The minimum absolute atomic E-state index is 0.184. The van der Waals surface area contributed by atoms with Crippen LogP contribution in [0.25, 0.3) is 90.9 Å². The number of rotatable bonds is 6. The van der Waals surface area contributed by atoms with E-state index in [2.05, 4.69) is 94.2 Å². The van der Waals surface area contributed by atoms with Gasteiger partial charge >= 0.3 is 0 Å². The Balaban J connectivity index is 1.31. The molecule has 8 aromatic rings. The molecule has 1 aliphatic carbocycles. The Bertz CT molecular complexity index is 3340. The second kappa shape index (κ2) is 14.8. The molecule has 11 rings (SSSR count). The van der Waals surface area contributed by atoms with Crippen molar-refractivity contribution in [2.24, 2.45) is 0 Å². The number of aromatic nitrogens is 4. The van der Waals surface area contributed by atoms with Crippen LogP contribution in [0.4, 0.5) is 5.69 Å². The molecule has 2 aliphatic heterocycles. The first-order chi connectivity index (χ1) is 30.1. The number of anilines is 1. The second-order valence-corrected chi connectivity index (χ2v) is 15.1. The Labute approximate surface area is 351 Å². The number of allylic oxidation sites excluding steroid dienone is 2. The van der Waals surface area contributed by atoms with E-state index >= 15 is 0 Å². The van der Waals surface area contributed by atoms with E-state index < -0.39 is 0 Å². The van der Waals surface area contributed by atoms with E-state index in [4.69, 9.17) is 9.97 Å². The van der Waals surface area contributed by atoms with Crippen molar-refractivity contribution in [3.63, 3.8) is 0 Å². The standard InChI is InChI=1S/C54H35N5O2/c60-48-32-47(54(61)38-24-14-13-23-37(38)48)58-46-31-45-51(35-19-9-3-10-20-35)43-28-27-41(56-43)49(33-15-5-1-6-16-33)39-25-26-40(55-39)50(34-17-7-2-8-18-34)42-29-30-44(57-42)52(53(46)59-45)36-21-11-4-12-22-36/h1-32,55,58-59H. The van der Waals surface area contributed by atoms with Gasteiger partial charge in [-0.3, -0.25) is 9.59 Å². The maximum absolute atomic E-state index is 14.1. The summed E-state index contributed by atoms with van der Waals surface area (Å²) in [6, 6.07) is 54.1. The summed E-state index contributed by atoms with van der Waals surface area (Å²) in [5.74, 6) is -0.495. The van der Waals surface area contributed by atoms with Gasteiger partial charge in [0.1, 0.15) is 0 Å². The van der Waals surface area contributed by atoms with Crippen LogP contribution >= 0.6 is 0 Å². The smallest absolute Gasteiger partial charge is 0.210 e. The molecule has 0 saturated heterocycles. The zero-order valence-electron chi connectivity index (χ0n) is 32.7. The second-order valence-electron chi connectivity index (χ2n) is 15.1. The van der Waals surface area contributed by atoms with Crippen LogP contribution in [0.1, 0.15) is 43.5 Å². The first-order valence-corrected chi connectivity index (χ1v) is 20.2. The Morgan fingerprint density at radius 3 is 1.31 bits per heavy atom. The molecule has 61 heavy (non-hydrogen) atoms. The third-order valence-electron chi connectivity index (χ3n) is 11.3. The quantitative estimate of drug-likeness (QED) is 0.156. The van der Waals surface area contributed by atoms with Crippen LogP contribution in [0.15, 0.2) is 176 Å². The van der Waals surface area contributed by atoms with Gasteiger partial charge < -0.3 is 15.3 Å². The van der Waals surface area contributed by atoms with E-state index in [1.807, 2.05) is 84.9 Å². The molecule has 0 saturated carbocycles. The molecule has 0 amide bonds. The third kappa shape index (κ3) is 6.33. The average molecular weight is 786 g/mol. The number of hydrogen-bond acceptors (Lipinski definition) is 5. The van der Waals surface area contributed by atoms with Gasteiger partial charge in [0.05, 0.1) is 45.2 Å². The lowest BCUT2D eigenvalue weighted by Gasteiger charge is -2.16. The van der Waals surface area contributed by atoms with E-state index in [1.54, 1.807) is 24.3 Å². The van der Waals surface area contributed by atoms with E-state index in [9.17, 15) is 9.59 Å². The zero-order valence-corrected chi connectivity index (χ0v) is 32.7. The highest BCUT2D eigenvalue weighted by Crippen LogP contribution is 2.41. The Morgan fingerprint density at radius 2 is 0.820 bits per heavy atom. The number of nitrogens with one attached hydrogen (secondary N) is 3. The highest BCUT2D eigenvalue weighted by molar-refractivity contribution is 6.25. The van der Waals surface area contributed by atoms with Crippen LogP contribution in [-0.4, -0.2) is 31.5 Å². The largest absolute Gasteiger partial charge is 0.354 e. The van der Waals surface area contributed by atoms with Crippen molar-refractivity contribution in [3.05, 3.63) is 209 Å². The minimum atomic E-state index is -0.261. The molecule has 7 heteroatoms. The predicted molar refractivity (Wildman–Crippen MR) is 247 cm³/mol. The van der Waals surface area contributed by atoms with Gasteiger partial charge in [0, 0.05) is 50.5 Å². The highest BCUT2D eigenvalue weighted by atomic mass is 16.1. The van der Waals surface area contributed by atoms with Crippen LogP contribution < -0.4 is 5.32 Å². The first-order valence-electron chi connectivity index (χ1n) is 20.2. The number of hydrogen-bond donors (Lipinski definition) is 3. The van der Waals surface area contributed by atoms with E-state index in [0.29, 0.717) is 22.3 Å². The molecule has 3 aromatic heterocycles. The molecule has 3 aliphatic rings. The van der Waals surface area contributed by atoms with Crippen molar-refractivity contribution >= 4 is 63.6 Å². The van der Waals surface area contributed by atoms with Crippen molar-refractivity contribution < 1.29 is 9.59 Å². The number of aromatic amines is 2. The highest BCUT2D eigenvalue weighted by Gasteiger charge is 2.27. The topological polar surface area (TPSA) is 104 Å². The molecule has 7 nitrogen and oxygen atoms in total. The molecule has 3 N–H and O–H groups in total. The molecule has 0 spiro atoms. The molecule has 5 heterocycles. The number of Topliss-reactive ketones (excluding diaryl/α,β-unsaturated/α-hetero) is 1. The molecule has 0 atom stereocenters. The van der Waals surface area contributed by atoms with Gasteiger partial charge in [-0.1, -0.05) is 146 Å². The van der Waals surface area contributed by atoms with E-state index in [-0.39, 0.29) is 17.3 Å². The zero-order chi connectivity index (χ0) is 40.9. The summed E-state index contributed by atoms with van der Waals surface area (Å²) < 4.78 is 0. The van der Waals surface area contributed by atoms with Gasteiger partial charge in [0.25, 0.3) is 0 Å². The lowest BCUT2D eigenvalue weighted by molar-refractivity contribution is 0.0985. The molecular formula is C54H35N5O2. The Hall–Kier alpha value is -8.42. The molecule has 288 valence electrons. The number of carbonyl (C=O) groups is 2. The number of benzene rings is 5. The van der Waals surface area contributed by atoms with Gasteiger partial charge in [-0.25, -0.2) is 9.97 Å². The van der Waals surface area contributed by atoms with Crippen molar-refractivity contribution in [2.75, 3.05) is 5.32 Å². The fourth-order valence-corrected chi connectivity index (χ4v) is 8.57. The van der Waals surface area contributed by atoms with Crippen molar-refractivity contribution in [1.29, 1.82) is 0 Å². The third-order valence-corrected chi connectivity index (χ3v) is 11.3. The predicted octanol–water partition coefficient (Wildman–Crippen LogP) is 12.7. The van der Waals surface area contributed by atoms with Crippen LogP contribution in [0.5, 0.6) is 0 Å². The van der Waals surface area contributed by atoms with Crippen molar-refractivity contribution in [1.82, 2.24) is 19.9 Å². The van der Waals surface area contributed by atoms with Crippen molar-refractivity contribution in [3.8, 4) is 44.5 Å². The Morgan fingerprint density at radius 1 is 0.410 bits per heavy atom. The molecule has 0 unspecified atom stereocenters. The van der Waals surface area contributed by atoms with Gasteiger partial charge in [0.15, 0.2) is 5.78 Å². The SMILES string of the molecule is O=C1C=C(Nc2cc3[nH]c2c(-c2ccccc2)c2nc(c(-c4ccccc4)c4ccc([nH]4)c(-c4ccccc4)c4nc(c3-c3ccccc3)C=C4)C=C2)C(=O)c2ccccc21. The summed E-state index contributed by atoms with van der Waals surface area (Å²) in [7, 11) is 0. The number of nitrogens with zero attached hydrogens (tertiary/aromatic N) is 2. The molecular weight excluding hydrogens is 751 g/mol. The maximum atomic E-state index is 14.1. The summed E-state index contributed by atoms with van der Waals surface area (Å²) in [6.07, 6.45) is 9.65. The van der Waals surface area contributed by atoms with Crippen LogP contribution in [0.2, 0.25) is 0 Å². The lowest BCUT2D eigenvalue weighted by atomic mass is 9.92. The van der Waals surface area contributed by atoms with Gasteiger partial charge in [-0.15, -0.1) is 0 Å². The van der Waals surface area contributed by atoms with Crippen LogP contribution in [0, 0.1) is 0 Å². The van der Waals surface area contributed by atoms with Gasteiger partial charge in [0.2, 0.25) is 5.78 Å². The van der Waals surface area contributed by atoms with Crippen molar-refractivity contribution in [2.45, 2.75) is 0 Å². The van der Waals surface area contributed by atoms with Gasteiger partial charge in [-0.05, 0) is 64.8 Å². The fraction of sp³-hybridized carbons (Fsp3) is 0. The van der Waals surface area contributed by atoms with Crippen LogP contribution in [0.3, 0.4) is 0 Å². The summed E-state index contributed by atoms with van der Waals surface area (Å²) in [6.45, 7) is 0. The molecule has 5 aromatic carbocycles. The summed E-state index contributed by atoms with van der Waals surface area (Å²) in [4.78, 5) is 46.1. The number of H-pyrrole nitrogens is 2. The number of fused-ring (bicyclic) bond motifs is 9. The number of carbonyl (C=O) groups excluding carboxylic acids is 2. The fourth-order valence-electron chi connectivity index (χ4n) is 8.57. The normalized spacial score (nSPS) is 13.0. The monoisotopic (exact) mass is 785 g/mol. The van der Waals surface area contributed by atoms with E-state index in [1.165, 1.54) is 6.08 Å². The molecule has 0 radical (unpaired) electrons. The minimum Gasteiger partial charge on any atom is -0.354 e. The summed E-state index contributed by atoms with van der Waals surface area (Å²) in [5, 5.41) is 3.45.